The van der Waals surface area contributed by atoms with Crippen molar-refractivity contribution in [1.29, 1.82) is 0 Å². The van der Waals surface area contributed by atoms with E-state index in [0.29, 0.717) is 12.5 Å². The van der Waals surface area contributed by atoms with E-state index in [0.717, 1.165) is 19.5 Å². The molecule has 1 aliphatic rings. The first kappa shape index (κ1) is 10.5. The summed E-state index contributed by atoms with van der Waals surface area (Å²) in [4.78, 5) is 13.7. The van der Waals surface area contributed by atoms with Crippen LogP contribution in [0.3, 0.4) is 0 Å². The first-order valence-corrected chi connectivity index (χ1v) is 5.00. The molecule has 1 heterocycles. The van der Waals surface area contributed by atoms with Gasteiger partial charge >= 0.3 is 5.97 Å². The molecule has 13 heavy (non-hydrogen) atoms. The molecule has 1 rings (SSSR count). The minimum absolute atomic E-state index is 0.0391. The lowest BCUT2D eigenvalue weighted by Crippen LogP contribution is -2.25. The number of ether oxygens (including phenoxy) is 1. The Morgan fingerprint density at radius 2 is 2.38 bits per heavy atom. The Hall–Kier alpha value is -0.570. The van der Waals surface area contributed by atoms with Gasteiger partial charge in [-0.05, 0) is 32.9 Å². The average Bonchev–Trinajstić information content (AvgIpc) is 2.51. The summed E-state index contributed by atoms with van der Waals surface area (Å²) >= 11 is 0. The fourth-order valence-corrected chi connectivity index (χ4v) is 1.84. The zero-order chi connectivity index (χ0) is 9.84. The summed E-state index contributed by atoms with van der Waals surface area (Å²) in [5.74, 6) is 0.511. The van der Waals surface area contributed by atoms with Crippen molar-refractivity contribution in [3.05, 3.63) is 0 Å². The van der Waals surface area contributed by atoms with Gasteiger partial charge in [0.1, 0.15) is 0 Å². The highest BCUT2D eigenvalue weighted by molar-refractivity contribution is 5.72. The van der Waals surface area contributed by atoms with Gasteiger partial charge in [-0.3, -0.25) is 4.79 Å². The molecule has 0 amide bonds. The number of rotatable bonds is 3. The Balaban J connectivity index is 2.38. The Morgan fingerprint density at radius 1 is 1.69 bits per heavy atom. The molecule has 1 saturated heterocycles. The fraction of sp³-hybridized carbons (Fsp3) is 0.900. The number of likely N-dealkylation sites (tertiary alicyclic amines) is 1. The van der Waals surface area contributed by atoms with Crippen LogP contribution in [-0.4, -0.2) is 37.6 Å². The van der Waals surface area contributed by atoms with Gasteiger partial charge in [-0.25, -0.2) is 0 Å². The van der Waals surface area contributed by atoms with Crippen LogP contribution in [0, 0.1) is 11.8 Å². The molecule has 0 saturated carbocycles. The van der Waals surface area contributed by atoms with Gasteiger partial charge in [-0.15, -0.1) is 0 Å². The molecule has 0 aromatic rings. The largest absolute Gasteiger partial charge is 0.466 e. The number of carbonyl (C=O) groups is 1. The number of carbonyl (C=O) groups excluding carboxylic acids is 1. The number of nitrogens with zero attached hydrogens (tertiary/aromatic N) is 1. The number of hydrogen-bond donors (Lipinski definition) is 0. The van der Waals surface area contributed by atoms with Gasteiger partial charge in [0.05, 0.1) is 12.5 Å². The van der Waals surface area contributed by atoms with Crippen molar-refractivity contribution >= 4 is 5.97 Å². The van der Waals surface area contributed by atoms with Crippen molar-refractivity contribution in [1.82, 2.24) is 4.90 Å². The predicted octanol–water partition coefficient (Wildman–Crippen LogP) is 1.14. The molecule has 3 heteroatoms. The summed E-state index contributed by atoms with van der Waals surface area (Å²) in [6, 6.07) is 0. The number of esters is 1. The van der Waals surface area contributed by atoms with E-state index < -0.39 is 0 Å². The summed E-state index contributed by atoms with van der Waals surface area (Å²) in [7, 11) is 2.10. The SMILES string of the molecule is CCOC(=O)C(C)[C@H]1CCN(C)C1. The molecule has 0 aromatic carbocycles. The Labute approximate surface area is 80.1 Å². The lowest BCUT2D eigenvalue weighted by molar-refractivity contribution is -0.149. The fourth-order valence-electron chi connectivity index (χ4n) is 1.84. The highest BCUT2D eigenvalue weighted by Gasteiger charge is 2.29. The van der Waals surface area contributed by atoms with E-state index in [9.17, 15) is 4.79 Å². The van der Waals surface area contributed by atoms with Crippen molar-refractivity contribution in [2.24, 2.45) is 11.8 Å². The highest BCUT2D eigenvalue weighted by Crippen LogP contribution is 2.23. The summed E-state index contributed by atoms with van der Waals surface area (Å²) in [5.41, 5.74) is 0. The monoisotopic (exact) mass is 185 g/mol. The molecule has 0 spiro atoms. The van der Waals surface area contributed by atoms with Crippen molar-refractivity contribution in [2.45, 2.75) is 20.3 Å². The minimum atomic E-state index is -0.0391. The van der Waals surface area contributed by atoms with Gasteiger partial charge in [0, 0.05) is 6.54 Å². The van der Waals surface area contributed by atoms with Crippen LogP contribution in [0.25, 0.3) is 0 Å². The summed E-state index contributed by atoms with van der Waals surface area (Å²) in [5, 5.41) is 0. The lowest BCUT2D eigenvalue weighted by atomic mass is 9.93. The maximum absolute atomic E-state index is 11.4. The third-order valence-corrected chi connectivity index (χ3v) is 2.79. The van der Waals surface area contributed by atoms with Crippen LogP contribution in [0.4, 0.5) is 0 Å². The van der Waals surface area contributed by atoms with Gasteiger partial charge in [-0.2, -0.15) is 0 Å². The van der Waals surface area contributed by atoms with Gasteiger partial charge in [0.25, 0.3) is 0 Å². The molecular formula is C10H19NO2. The van der Waals surface area contributed by atoms with Gasteiger partial charge in [0.2, 0.25) is 0 Å². The molecule has 2 atom stereocenters. The molecular weight excluding hydrogens is 166 g/mol. The van der Waals surface area contributed by atoms with E-state index in [2.05, 4.69) is 11.9 Å². The molecule has 0 aliphatic carbocycles. The zero-order valence-corrected chi connectivity index (χ0v) is 8.75. The first-order chi connectivity index (χ1) is 6.15. The first-order valence-electron chi connectivity index (χ1n) is 5.00. The quantitative estimate of drug-likeness (QED) is 0.617. The topological polar surface area (TPSA) is 29.5 Å². The molecule has 3 nitrogen and oxygen atoms in total. The maximum atomic E-state index is 11.4. The van der Waals surface area contributed by atoms with Crippen LogP contribution in [0.2, 0.25) is 0 Å². The summed E-state index contributed by atoms with van der Waals surface area (Å²) in [6.07, 6.45) is 1.12. The Morgan fingerprint density at radius 3 is 2.85 bits per heavy atom. The standard InChI is InChI=1S/C10H19NO2/c1-4-13-10(12)8(2)9-5-6-11(3)7-9/h8-9H,4-7H2,1-3H3/t8?,9-/m0/s1. The normalized spacial score (nSPS) is 25.9. The van der Waals surface area contributed by atoms with Crippen molar-refractivity contribution in [3.8, 4) is 0 Å². The molecule has 0 aromatic heterocycles. The predicted molar refractivity (Wildman–Crippen MR) is 51.4 cm³/mol. The second-order valence-electron chi connectivity index (χ2n) is 3.85. The van der Waals surface area contributed by atoms with Crippen LogP contribution in [0.15, 0.2) is 0 Å². The molecule has 1 unspecified atom stereocenters. The summed E-state index contributed by atoms with van der Waals surface area (Å²) in [6.45, 7) is 6.45. The van der Waals surface area contributed by atoms with Gasteiger partial charge in [-0.1, -0.05) is 6.92 Å². The molecule has 1 fully saturated rings. The van der Waals surface area contributed by atoms with E-state index in [1.807, 2.05) is 13.8 Å². The second kappa shape index (κ2) is 4.61. The van der Waals surface area contributed by atoms with E-state index in [1.54, 1.807) is 0 Å². The Bertz CT molecular complexity index is 182. The van der Waals surface area contributed by atoms with Crippen LogP contribution in [0.1, 0.15) is 20.3 Å². The molecule has 76 valence electrons. The third-order valence-electron chi connectivity index (χ3n) is 2.79. The second-order valence-corrected chi connectivity index (χ2v) is 3.85. The van der Waals surface area contributed by atoms with Gasteiger partial charge < -0.3 is 9.64 Å². The van der Waals surface area contributed by atoms with Crippen LogP contribution < -0.4 is 0 Å². The lowest BCUT2D eigenvalue weighted by Gasteiger charge is -2.17. The van der Waals surface area contributed by atoms with Crippen LogP contribution in [-0.2, 0) is 9.53 Å². The van der Waals surface area contributed by atoms with Gasteiger partial charge in [0.15, 0.2) is 0 Å². The van der Waals surface area contributed by atoms with Crippen molar-refractivity contribution < 1.29 is 9.53 Å². The van der Waals surface area contributed by atoms with E-state index in [1.165, 1.54) is 0 Å². The number of hydrogen-bond acceptors (Lipinski definition) is 3. The minimum Gasteiger partial charge on any atom is -0.466 e. The van der Waals surface area contributed by atoms with Crippen LogP contribution in [0.5, 0.6) is 0 Å². The molecule has 1 aliphatic heterocycles. The van der Waals surface area contributed by atoms with E-state index >= 15 is 0 Å². The average molecular weight is 185 g/mol. The van der Waals surface area contributed by atoms with Crippen molar-refractivity contribution in [3.63, 3.8) is 0 Å². The summed E-state index contributed by atoms with van der Waals surface area (Å²) < 4.78 is 4.99. The zero-order valence-electron chi connectivity index (χ0n) is 8.75. The molecule has 0 bridgehead atoms. The molecule has 0 radical (unpaired) electrons. The smallest absolute Gasteiger partial charge is 0.308 e. The highest BCUT2D eigenvalue weighted by atomic mass is 16.5. The van der Waals surface area contributed by atoms with Crippen molar-refractivity contribution in [2.75, 3.05) is 26.7 Å². The molecule has 0 N–H and O–H groups in total. The van der Waals surface area contributed by atoms with Crippen LogP contribution >= 0.6 is 0 Å². The maximum Gasteiger partial charge on any atom is 0.308 e. The van der Waals surface area contributed by atoms with E-state index in [-0.39, 0.29) is 11.9 Å². The third kappa shape index (κ3) is 2.69. The Kier molecular flexibility index (Phi) is 3.72. The van der Waals surface area contributed by atoms with E-state index in [4.69, 9.17) is 4.74 Å².